The van der Waals surface area contributed by atoms with Crippen LogP contribution < -0.4 is 0 Å². The van der Waals surface area contributed by atoms with Crippen LogP contribution in [-0.4, -0.2) is 6.29 Å². The van der Waals surface area contributed by atoms with Gasteiger partial charge in [0.05, 0.1) is 0 Å². The molecule has 0 radical (unpaired) electrons. The lowest BCUT2D eigenvalue weighted by molar-refractivity contribution is -0.108. The quantitative estimate of drug-likeness (QED) is 0.262. The van der Waals surface area contributed by atoms with Gasteiger partial charge in [-0.05, 0) is 48.7 Å². The minimum absolute atomic E-state index is 0.114. The summed E-state index contributed by atoms with van der Waals surface area (Å²) in [5.41, 5.74) is 1.10. The van der Waals surface area contributed by atoms with E-state index in [0.717, 1.165) is 11.8 Å². The van der Waals surface area contributed by atoms with Crippen molar-refractivity contribution in [2.24, 2.45) is 0 Å². The first-order valence-electron chi connectivity index (χ1n) is 8.99. The monoisotopic (exact) mass is 334 g/mol. The largest absolute Gasteiger partial charge is 0.303 e. The third kappa shape index (κ3) is 2.07. The molecule has 0 aromatic heterocycles. The zero-order valence-corrected chi connectivity index (χ0v) is 14.6. The van der Waals surface area contributed by atoms with Crippen molar-refractivity contribution in [1.29, 1.82) is 0 Å². The Balaban J connectivity index is 1.98. The van der Waals surface area contributed by atoms with Crippen molar-refractivity contribution in [1.82, 2.24) is 0 Å². The number of benzene rings is 5. The van der Waals surface area contributed by atoms with Gasteiger partial charge in [-0.25, -0.2) is 0 Å². The Labute approximate surface area is 151 Å². The summed E-state index contributed by atoms with van der Waals surface area (Å²) in [5.74, 6) is -0.114. The van der Waals surface area contributed by atoms with Gasteiger partial charge in [-0.1, -0.05) is 85.8 Å². The van der Waals surface area contributed by atoms with Crippen molar-refractivity contribution >= 4 is 49.4 Å². The topological polar surface area (TPSA) is 17.1 Å². The Kier molecular flexibility index (Phi) is 3.29. The van der Waals surface area contributed by atoms with E-state index in [1.807, 2.05) is 13.0 Å². The van der Waals surface area contributed by atoms with Crippen LogP contribution in [0, 0.1) is 0 Å². The van der Waals surface area contributed by atoms with Crippen molar-refractivity contribution in [3.8, 4) is 0 Å². The van der Waals surface area contributed by atoms with Crippen LogP contribution in [0.5, 0.6) is 0 Å². The molecule has 1 nitrogen and oxygen atoms in total. The average molecular weight is 334 g/mol. The average Bonchev–Trinajstić information content (AvgIpc) is 2.71. The van der Waals surface area contributed by atoms with Gasteiger partial charge in [-0.15, -0.1) is 0 Å². The van der Waals surface area contributed by atoms with Gasteiger partial charge in [-0.3, -0.25) is 0 Å². The molecule has 0 N–H and O–H groups in total. The highest BCUT2D eigenvalue weighted by atomic mass is 16.1. The van der Waals surface area contributed by atoms with Crippen LogP contribution in [0.3, 0.4) is 0 Å². The van der Waals surface area contributed by atoms with Gasteiger partial charge in [0.25, 0.3) is 0 Å². The minimum atomic E-state index is -0.114. The molecular weight excluding hydrogens is 316 g/mol. The van der Waals surface area contributed by atoms with Gasteiger partial charge in [0.1, 0.15) is 6.29 Å². The van der Waals surface area contributed by atoms with Crippen LogP contribution in [0.2, 0.25) is 0 Å². The van der Waals surface area contributed by atoms with E-state index in [1.54, 1.807) is 0 Å². The zero-order chi connectivity index (χ0) is 17.7. The van der Waals surface area contributed by atoms with Crippen LogP contribution in [0.25, 0.3) is 43.1 Å². The number of fused-ring (bicyclic) bond motifs is 7. The zero-order valence-electron chi connectivity index (χ0n) is 14.6. The van der Waals surface area contributed by atoms with Crippen molar-refractivity contribution in [2.75, 3.05) is 0 Å². The summed E-state index contributed by atoms with van der Waals surface area (Å²) in [6, 6.07) is 28.0. The Morgan fingerprint density at radius 2 is 1.23 bits per heavy atom. The molecule has 0 aliphatic rings. The Bertz CT molecular complexity index is 1310. The van der Waals surface area contributed by atoms with Crippen LogP contribution >= 0.6 is 0 Å². The molecule has 5 rings (SSSR count). The molecule has 0 spiro atoms. The fourth-order valence-electron chi connectivity index (χ4n) is 4.17. The Hall–Kier alpha value is -3.19. The lowest BCUT2D eigenvalue weighted by atomic mass is 9.89. The summed E-state index contributed by atoms with van der Waals surface area (Å²) in [4.78, 5) is 11.4. The van der Waals surface area contributed by atoms with Gasteiger partial charge in [0.2, 0.25) is 0 Å². The fraction of sp³-hybridized carbons (Fsp3) is 0.0800. The highest BCUT2D eigenvalue weighted by Gasteiger charge is 2.13. The molecule has 0 heterocycles. The number of hydrogen-bond acceptors (Lipinski definition) is 1. The van der Waals surface area contributed by atoms with Crippen LogP contribution in [0.1, 0.15) is 18.4 Å². The van der Waals surface area contributed by atoms with Crippen molar-refractivity contribution in [3.63, 3.8) is 0 Å². The number of carbonyl (C=O) groups is 1. The van der Waals surface area contributed by atoms with E-state index < -0.39 is 0 Å². The van der Waals surface area contributed by atoms with Crippen LogP contribution in [-0.2, 0) is 4.79 Å². The first-order chi connectivity index (χ1) is 12.8. The molecule has 0 bridgehead atoms. The number of carbonyl (C=O) groups excluding carboxylic acids is 1. The lowest BCUT2D eigenvalue weighted by Gasteiger charge is -2.14. The molecule has 1 unspecified atom stereocenters. The standard InChI is InChI=1S/C25H18O/c1-16(15-26)19-8-4-6-18-10-12-23-22-11-9-17-5-2-3-7-20(17)21(22)13-14-24(23)25(18)19/h2-16H,1H3. The normalized spacial score (nSPS) is 12.8. The molecular formula is C25H18O. The number of rotatable bonds is 2. The second kappa shape index (κ2) is 5.67. The summed E-state index contributed by atoms with van der Waals surface area (Å²) in [7, 11) is 0. The SMILES string of the molecule is CC(C=O)c1cccc2ccc3c4ccc5ccccc5c4ccc3c12. The van der Waals surface area contributed by atoms with E-state index in [-0.39, 0.29) is 5.92 Å². The molecule has 1 atom stereocenters. The highest BCUT2D eigenvalue weighted by Crippen LogP contribution is 2.37. The molecule has 0 aliphatic heterocycles. The molecule has 0 fully saturated rings. The smallest absolute Gasteiger partial charge is 0.127 e. The van der Waals surface area contributed by atoms with Crippen LogP contribution in [0.15, 0.2) is 78.9 Å². The molecule has 5 aromatic carbocycles. The van der Waals surface area contributed by atoms with Crippen LogP contribution in [0.4, 0.5) is 0 Å². The minimum Gasteiger partial charge on any atom is -0.303 e. The number of aldehydes is 1. The van der Waals surface area contributed by atoms with E-state index in [1.165, 1.54) is 43.1 Å². The second-order valence-corrected chi connectivity index (χ2v) is 6.98. The van der Waals surface area contributed by atoms with Crippen molar-refractivity contribution in [3.05, 3.63) is 84.4 Å². The van der Waals surface area contributed by atoms with Gasteiger partial charge in [0.15, 0.2) is 0 Å². The molecule has 26 heavy (non-hydrogen) atoms. The van der Waals surface area contributed by atoms with Crippen molar-refractivity contribution < 1.29 is 4.79 Å². The molecule has 1 heteroatoms. The van der Waals surface area contributed by atoms with E-state index in [2.05, 4.69) is 72.8 Å². The van der Waals surface area contributed by atoms with E-state index in [9.17, 15) is 4.79 Å². The maximum Gasteiger partial charge on any atom is 0.127 e. The van der Waals surface area contributed by atoms with Gasteiger partial charge in [0, 0.05) is 5.92 Å². The summed E-state index contributed by atoms with van der Waals surface area (Å²) < 4.78 is 0. The molecule has 5 aromatic rings. The number of hydrogen-bond donors (Lipinski definition) is 0. The highest BCUT2D eigenvalue weighted by molar-refractivity contribution is 6.22. The predicted molar refractivity (Wildman–Crippen MR) is 111 cm³/mol. The third-order valence-electron chi connectivity index (χ3n) is 5.49. The fourth-order valence-corrected chi connectivity index (χ4v) is 4.17. The summed E-state index contributed by atoms with van der Waals surface area (Å²) in [6.45, 7) is 1.97. The first kappa shape index (κ1) is 15.1. The Morgan fingerprint density at radius 3 is 2.08 bits per heavy atom. The molecule has 0 aliphatic carbocycles. The maximum absolute atomic E-state index is 11.4. The summed E-state index contributed by atoms with van der Waals surface area (Å²) in [6.07, 6.45) is 1.03. The molecule has 0 saturated carbocycles. The third-order valence-corrected chi connectivity index (χ3v) is 5.49. The van der Waals surface area contributed by atoms with Gasteiger partial charge in [-0.2, -0.15) is 0 Å². The maximum atomic E-state index is 11.4. The summed E-state index contributed by atoms with van der Waals surface area (Å²) in [5, 5.41) is 9.91. The van der Waals surface area contributed by atoms with Gasteiger partial charge < -0.3 is 4.79 Å². The molecule has 0 saturated heterocycles. The van der Waals surface area contributed by atoms with Gasteiger partial charge >= 0.3 is 0 Å². The summed E-state index contributed by atoms with van der Waals surface area (Å²) >= 11 is 0. The van der Waals surface area contributed by atoms with E-state index >= 15 is 0 Å². The van der Waals surface area contributed by atoms with Crippen molar-refractivity contribution in [2.45, 2.75) is 12.8 Å². The molecule has 0 amide bonds. The Morgan fingerprint density at radius 1 is 0.615 bits per heavy atom. The first-order valence-corrected chi connectivity index (χ1v) is 8.99. The second-order valence-electron chi connectivity index (χ2n) is 6.98. The predicted octanol–water partition coefficient (Wildman–Crippen LogP) is 6.60. The molecule has 124 valence electrons. The van der Waals surface area contributed by atoms with E-state index in [4.69, 9.17) is 0 Å². The van der Waals surface area contributed by atoms with E-state index in [0.29, 0.717) is 0 Å². The lowest BCUT2D eigenvalue weighted by Crippen LogP contribution is -1.96.